The molecule has 0 saturated carbocycles. The molecule has 0 spiro atoms. The van der Waals surface area contributed by atoms with Crippen LogP contribution in [0.1, 0.15) is 12.8 Å². The van der Waals surface area contributed by atoms with Crippen molar-refractivity contribution in [3.8, 4) is 22.9 Å². The first-order valence-electron chi connectivity index (χ1n) is 6.77. The molecule has 0 saturated heterocycles. The predicted octanol–water partition coefficient (Wildman–Crippen LogP) is 2.68. The molecule has 0 rings (SSSR count). The van der Waals surface area contributed by atoms with Gasteiger partial charge >= 0.3 is 11.9 Å². The fourth-order valence-corrected chi connectivity index (χ4v) is 2.61. The summed E-state index contributed by atoms with van der Waals surface area (Å²) < 4.78 is 0. The minimum Gasteiger partial charge on any atom is -0.480 e. The lowest BCUT2D eigenvalue weighted by atomic mass is 9.82. The van der Waals surface area contributed by atoms with Gasteiger partial charge in [-0.2, -0.15) is 0 Å². The summed E-state index contributed by atoms with van der Waals surface area (Å²) in [5.41, 5.74) is 4.10. The van der Waals surface area contributed by atoms with Crippen molar-refractivity contribution in [3.05, 3.63) is 0 Å². The van der Waals surface area contributed by atoms with Crippen molar-refractivity contribution in [1.82, 2.24) is 0 Å². The number of rotatable bonds is 4. The van der Waals surface area contributed by atoms with E-state index in [1.165, 1.54) is 0 Å². The number of carboxylic acids is 2. The van der Waals surface area contributed by atoms with Crippen LogP contribution in [0.4, 0.5) is 0 Å². The van der Waals surface area contributed by atoms with E-state index in [-0.39, 0.29) is 12.8 Å². The Hall–Kier alpha value is -1.51. The molecule has 0 aromatic rings. The third-order valence-electron chi connectivity index (χ3n) is 2.53. The molecule has 0 aliphatic carbocycles. The van der Waals surface area contributed by atoms with Gasteiger partial charge in [0.2, 0.25) is 0 Å². The maximum Gasteiger partial charge on any atom is 0.323 e. The average Bonchev–Trinajstić information content (AvgIpc) is 2.22. The van der Waals surface area contributed by atoms with Gasteiger partial charge in [0.15, 0.2) is 5.41 Å². The van der Waals surface area contributed by atoms with E-state index in [1.54, 1.807) is 0 Å². The van der Waals surface area contributed by atoms with E-state index in [2.05, 4.69) is 22.9 Å². The summed E-state index contributed by atoms with van der Waals surface area (Å²) in [5.74, 6) is 2.80. The van der Waals surface area contributed by atoms with Crippen LogP contribution in [0.5, 0.6) is 0 Å². The number of hydrogen-bond donors (Lipinski definition) is 2. The zero-order valence-corrected chi connectivity index (χ0v) is 15.6. The van der Waals surface area contributed by atoms with E-state index in [4.69, 9.17) is 0 Å². The van der Waals surface area contributed by atoms with Gasteiger partial charge in [-0.05, 0) is 0 Å². The van der Waals surface area contributed by atoms with Crippen molar-refractivity contribution in [3.63, 3.8) is 0 Å². The van der Waals surface area contributed by atoms with Crippen LogP contribution in [0.25, 0.3) is 0 Å². The van der Waals surface area contributed by atoms with Crippen LogP contribution in [0.3, 0.4) is 0 Å². The molecule has 0 aliphatic heterocycles. The number of hydrogen-bond acceptors (Lipinski definition) is 2. The van der Waals surface area contributed by atoms with Crippen LogP contribution in [0, 0.1) is 28.3 Å². The monoisotopic (exact) mass is 324 g/mol. The molecule has 0 amide bonds. The van der Waals surface area contributed by atoms with E-state index in [9.17, 15) is 19.8 Å². The first kappa shape index (κ1) is 19.5. The normalized spacial score (nSPS) is 11.7. The molecule has 0 aromatic heterocycles. The van der Waals surface area contributed by atoms with E-state index in [0.29, 0.717) is 0 Å². The molecule has 0 unspecified atom stereocenters. The first-order chi connectivity index (χ1) is 9.30. The molecule has 6 heteroatoms. The summed E-state index contributed by atoms with van der Waals surface area (Å²) >= 11 is 0. The molecular weight excluding hydrogens is 300 g/mol. The van der Waals surface area contributed by atoms with Crippen molar-refractivity contribution in [2.24, 2.45) is 5.41 Å². The number of carboxylic acid groups (broad SMARTS) is 2. The van der Waals surface area contributed by atoms with Gasteiger partial charge in [0.05, 0.1) is 0 Å². The molecule has 0 atom stereocenters. The van der Waals surface area contributed by atoms with Gasteiger partial charge in [-0.15, -0.1) is 22.9 Å². The molecule has 0 heterocycles. The summed E-state index contributed by atoms with van der Waals surface area (Å²) in [6.07, 6.45) is -0.412. The third-order valence-corrected chi connectivity index (χ3v) is 4.38. The second kappa shape index (κ2) is 6.97. The highest BCUT2D eigenvalue weighted by atomic mass is 28.3. The molecule has 21 heavy (non-hydrogen) atoms. The second-order valence-electron chi connectivity index (χ2n) is 7.15. The van der Waals surface area contributed by atoms with Crippen LogP contribution in [-0.2, 0) is 9.59 Å². The maximum absolute atomic E-state index is 11.5. The largest absolute Gasteiger partial charge is 0.480 e. The Morgan fingerprint density at radius 1 is 0.810 bits per heavy atom. The fourth-order valence-electron chi connectivity index (χ4n) is 1.38. The Labute approximate surface area is 129 Å². The average molecular weight is 325 g/mol. The molecular formula is C15H24O4Si2. The summed E-state index contributed by atoms with van der Waals surface area (Å²) in [6.45, 7) is 12.1. The highest BCUT2D eigenvalue weighted by molar-refractivity contribution is 6.84. The van der Waals surface area contributed by atoms with Crippen molar-refractivity contribution in [2.75, 3.05) is 0 Å². The van der Waals surface area contributed by atoms with Crippen LogP contribution < -0.4 is 0 Å². The molecule has 0 radical (unpaired) electrons. The third kappa shape index (κ3) is 7.17. The maximum atomic E-state index is 11.5. The Morgan fingerprint density at radius 2 is 1.10 bits per heavy atom. The standard InChI is InChI=1S/C15H24O4Si2/c1-20(2,3)11-7-9-15(13(16)17,14(18)19)10-8-12-21(4,5)6/h9-10H2,1-6H3,(H,16,17)(H,18,19). The van der Waals surface area contributed by atoms with E-state index in [1.807, 2.05) is 39.3 Å². The van der Waals surface area contributed by atoms with Crippen molar-refractivity contribution >= 4 is 28.1 Å². The molecule has 2 N–H and O–H groups in total. The Bertz CT molecular complexity index is 480. The molecule has 0 fully saturated rings. The van der Waals surface area contributed by atoms with Crippen molar-refractivity contribution < 1.29 is 19.8 Å². The van der Waals surface area contributed by atoms with Gasteiger partial charge in [0.1, 0.15) is 16.1 Å². The molecule has 0 aliphatic rings. The minimum atomic E-state index is -1.93. The van der Waals surface area contributed by atoms with Gasteiger partial charge in [-0.25, -0.2) is 0 Å². The van der Waals surface area contributed by atoms with Crippen molar-refractivity contribution in [1.29, 1.82) is 0 Å². The summed E-state index contributed by atoms with van der Waals surface area (Å²) in [4.78, 5) is 23.0. The predicted molar refractivity (Wildman–Crippen MR) is 89.2 cm³/mol. The van der Waals surface area contributed by atoms with Gasteiger partial charge in [0, 0.05) is 12.8 Å². The van der Waals surface area contributed by atoms with E-state index >= 15 is 0 Å². The van der Waals surface area contributed by atoms with Gasteiger partial charge in [0.25, 0.3) is 0 Å². The lowest BCUT2D eigenvalue weighted by Crippen LogP contribution is -2.39. The Kier molecular flexibility index (Phi) is 6.47. The van der Waals surface area contributed by atoms with Gasteiger partial charge in [-0.1, -0.05) is 39.3 Å². The highest BCUT2D eigenvalue weighted by Gasteiger charge is 2.45. The van der Waals surface area contributed by atoms with E-state index in [0.717, 1.165) is 0 Å². The first-order valence-corrected chi connectivity index (χ1v) is 13.8. The highest BCUT2D eigenvalue weighted by Crippen LogP contribution is 2.27. The quantitative estimate of drug-likeness (QED) is 0.474. The van der Waals surface area contributed by atoms with Gasteiger partial charge in [-0.3, -0.25) is 9.59 Å². The fraction of sp³-hybridized carbons (Fsp3) is 0.600. The Balaban J connectivity index is 5.46. The smallest absolute Gasteiger partial charge is 0.323 e. The van der Waals surface area contributed by atoms with Crippen LogP contribution in [-0.4, -0.2) is 38.3 Å². The summed E-state index contributed by atoms with van der Waals surface area (Å²) in [7, 11) is -3.33. The second-order valence-corrected chi connectivity index (χ2v) is 16.6. The van der Waals surface area contributed by atoms with Gasteiger partial charge < -0.3 is 10.2 Å². The van der Waals surface area contributed by atoms with Crippen LogP contribution in [0.2, 0.25) is 39.3 Å². The summed E-state index contributed by atoms with van der Waals surface area (Å²) in [6, 6.07) is 0. The Morgan fingerprint density at radius 3 is 1.29 bits per heavy atom. The molecule has 116 valence electrons. The lowest BCUT2D eigenvalue weighted by Gasteiger charge is -2.20. The SMILES string of the molecule is C[Si](C)(C)C#CCC(CC#C[Si](C)(C)C)(C(=O)O)C(=O)O. The minimum absolute atomic E-state index is 0.206. The molecule has 0 aromatic carbocycles. The van der Waals surface area contributed by atoms with Crippen LogP contribution in [0.15, 0.2) is 0 Å². The van der Waals surface area contributed by atoms with Crippen LogP contribution >= 0.6 is 0 Å². The zero-order chi connectivity index (χ0) is 16.9. The van der Waals surface area contributed by atoms with E-state index < -0.39 is 33.5 Å². The van der Waals surface area contributed by atoms with Crippen molar-refractivity contribution in [2.45, 2.75) is 52.1 Å². The summed E-state index contributed by atoms with van der Waals surface area (Å²) in [5, 5.41) is 18.7. The number of carbonyl (C=O) groups is 2. The molecule has 4 nitrogen and oxygen atoms in total. The zero-order valence-electron chi connectivity index (χ0n) is 13.6. The lowest BCUT2D eigenvalue weighted by molar-refractivity contribution is -0.163. The molecule has 0 bridgehead atoms. The topological polar surface area (TPSA) is 74.6 Å². The number of aliphatic carboxylic acids is 2.